The highest BCUT2D eigenvalue weighted by Gasteiger charge is 2.33. The number of urea groups is 1. The number of anilines is 1. The number of thiophene rings is 2. The molecule has 0 saturated carbocycles. The van der Waals surface area contributed by atoms with Crippen molar-refractivity contribution in [1.29, 1.82) is 0 Å². The number of hydrogen-bond acceptors (Lipinski definition) is 4. The molecular formula is C17H15ClN2O2S2. The van der Waals surface area contributed by atoms with E-state index in [1.807, 2.05) is 34.3 Å². The zero-order valence-electron chi connectivity index (χ0n) is 12.5. The number of carbonyl (C=O) groups is 1. The molecule has 1 atom stereocenters. The highest BCUT2D eigenvalue weighted by atomic mass is 35.5. The number of para-hydroxylation sites is 1. The lowest BCUT2D eigenvalue weighted by atomic mass is 9.94. The van der Waals surface area contributed by atoms with E-state index in [0.717, 1.165) is 10.4 Å². The molecule has 0 fully saturated rings. The van der Waals surface area contributed by atoms with Crippen molar-refractivity contribution in [3.8, 4) is 0 Å². The number of benzene rings is 1. The van der Waals surface area contributed by atoms with Crippen LogP contribution in [0.4, 0.5) is 10.5 Å². The minimum absolute atomic E-state index is 0.0561. The summed E-state index contributed by atoms with van der Waals surface area (Å²) in [5.74, 6) is 0. The molecule has 3 rings (SSSR count). The molecule has 2 heterocycles. The summed E-state index contributed by atoms with van der Waals surface area (Å²) in [6, 6.07) is 12.2. The summed E-state index contributed by atoms with van der Waals surface area (Å²) in [6.07, 6.45) is 0. The van der Waals surface area contributed by atoms with E-state index in [2.05, 4.69) is 10.6 Å². The molecule has 0 bridgehead atoms. The van der Waals surface area contributed by atoms with Gasteiger partial charge in [-0.15, -0.1) is 11.3 Å². The summed E-state index contributed by atoms with van der Waals surface area (Å²) >= 11 is 8.98. The summed E-state index contributed by atoms with van der Waals surface area (Å²) in [6.45, 7) is 0.0561. The maximum atomic E-state index is 12.2. The number of aliphatic hydroxyl groups is 1. The Kier molecular flexibility index (Phi) is 5.20. The zero-order chi connectivity index (χ0) is 17.0. The average Bonchev–Trinajstić information content (AvgIpc) is 3.28. The summed E-state index contributed by atoms with van der Waals surface area (Å²) in [7, 11) is 0. The van der Waals surface area contributed by atoms with Gasteiger partial charge in [0.1, 0.15) is 5.60 Å². The quantitative estimate of drug-likeness (QED) is 0.611. The smallest absolute Gasteiger partial charge is 0.319 e. The van der Waals surface area contributed by atoms with Gasteiger partial charge in [0, 0.05) is 10.4 Å². The van der Waals surface area contributed by atoms with Crippen molar-refractivity contribution in [1.82, 2.24) is 5.32 Å². The van der Waals surface area contributed by atoms with Gasteiger partial charge in [0.05, 0.1) is 17.3 Å². The van der Waals surface area contributed by atoms with Gasteiger partial charge in [-0.3, -0.25) is 0 Å². The number of amides is 2. The molecule has 1 aromatic carbocycles. The van der Waals surface area contributed by atoms with Crippen LogP contribution >= 0.6 is 34.3 Å². The van der Waals surface area contributed by atoms with Gasteiger partial charge in [0.25, 0.3) is 0 Å². The van der Waals surface area contributed by atoms with Gasteiger partial charge < -0.3 is 15.7 Å². The molecule has 4 nitrogen and oxygen atoms in total. The van der Waals surface area contributed by atoms with E-state index >= 15 is 0 Å². The van der Waals surface area contributed by atoms with Crippen LogP contribution < -0.4 is 10.6 Å². The SMILES string of the molecule is O=C(NCC(O)(c1ccsc1)c1cccs1)Nc1ccccc1Cl. The average molecular weight is 379 g/mol. The van der Waals surface area contributed by atoms with Crippen LogP contribution in [0.1, 0.15) is 10.4 Å². The summed E-state index contributed by atoms with van der Waals surface area (Å²) in [5.41, 5.74) is 0.0197. The molecule has 2 aromatic heterocycles. The van der Waals surface area contributed by atoms with Crippen molar-refractivity contribution in [2.75, 3.05) is 11.9 Å². The van der Waals surface area contributed by atoms with Crippen molar-refractivity contribution in [3.63, 3.8) is 0 Å². The first kappa shape index (κ1) is 17.0. The normalized spacial score (nSPS) is 13.2. The van der Waals surface area contributed by atoms with E-state index in [4.69, 9.17) is 11.6 Å². The van der Waals surface area contributed by atoms with Gasteiger partial charge >= 0.3 is 6.03 Å². The van der Waals surface area contributed by atoms with Crippen molar-refractivity contribution in [2.24, 2.45) is 0 Å². The topological polar surface area (TPSA) is 61.4 Å². The summed E-state index contributed by atoms with van der Waals surface area (Å²) in [4.78, 5) is 12.9. The second-order valence-electron chi connectivity index (χ2n) is 5.14. The molecule has 0 aliphatic carbocycles. The first-order valence-corrected chi connectivity index (χ1v) is 9.38. The van der Waals surface area contributed by atoms with E-state index in [1.54, 1.807) is 24.3 Å². The fourth-order valence-corrected chi connectivity index (χ4v) is 4.04. The van der Waals surface area contributed by atoms with Crippen LogP contribution in [-0.4, -0.2) is 17.7 Å². The maximum absolute atomic E-state index is 12.2. The number of halogens is 1. The largest absolute Gasteiger partial charge is 0.378 e. The van der Waals surface area contributed by atoms with Crippen LogP contribution in [0.3, 0.4) is 0 Å². The molecule has 0 aliphatic rings. The molecule has 0 radical (unpaired) electrons. The van der Waals surface area contributed by atoms with Crippen LogP contribution in [0.5, 0.6) is 0 Å². The van der Waals surface area contributed by atoms with Crippen LogP contribution in [0.25, 0.3) is 0 Å². The first-order chi connectivity index (χ1) is 11.6. The van der Waals surface area contributed by atoms with Crippen molar-refractivity contribution < 1.29 is 9.90 Å². The third-order valence-electron chi connectivity index (χ3n) is 3.55. The van der Waals surface area contributed by atoms with Gasteiger partial charge in [-0.25, -0.2) is 4.79 Å². The van der Waals surface area contributed by atoms with Gasteiger partial charge in [-0.1, -0.05) is 29.8 Å². The first-order valence-electron chi connectivity index (χ1n) is 7.18. The Morgan fingerprint density at radius 3 is 2.67 bits per heavy atom. The zero-order valence-corrected chi connectivity index (χ0v) is 14.9. The Balaban J connectivity index is 1.73. The van der Waals surface area contributed by atoms with Gasteiger partial charge in [0.15, 0.2) is 0 Å². The van der Waals surface area contributed by atoms with Gasteiger partial charge in [-0.05, 0) is 40.4 Å². The Morgan fingerprint density at radius 1 is 1.17 bits per heavy atom. The van der Waals surface area contributed by atoms with Crippen LogP contribution in [-0.2, 0) is 5.60 Å². The second kappa shape index (κ2) is 7.36. The highest BCUT2D eigenvalue weighted by molar-refractivity contribution is 7.10. The third kappa shape index (κ3) is 3.62. The minimum Gasteiger partial charge on any atom is -0.378 e. The van der Waals surface area contributed by atoms with Gasteiger partial charge in [-0.2, -0.15) is 11.3 Å². The lowest BCUT2D eigenvalue weighted by Gasteiger charge is -2.27. The molecule has 3 aromatic rings. The van der Waals surface area contributed by atoms with Crippen LogP contribution in [0.15, 0.2) is 58.6 Å². The van der Waals surface area contributed by atoms with E-state index < -0.39 is 11.6 Å². The van der Waals surface area contributed by atoms with Gasteiger partial charge in [0.2, 0.25) is 0 Å². The molecule has 124 valence electrons. The van der Waals surface area contributed by atoms with E-state index in [9.17, 15) is 9.90 Å². The molecule has 3 N–H and O–H groups in total. The summed E-state index contributed by atoms with van der Waals surface area (Å²) < 4.78 is 0. The number of hydrogen-bond donors (Lipinski definition) is 3. The Bertz CT molecular complexity index is 770. The molecule has 0 saturated heterocycles. The van der Waals surface area contributed by atoms with Crippen molar-refractivity contribution in [3.05, 3.63) is 74.1 Å². The van der Waals surface area contributed by atoms with Crippen molar-refractivity contribution in [2.45, 2.75) is 5.60 Å². The molecule has 7 heteroatoms. The molecule has 0 spiro atoms. The number of carbonyl (C=O) groups excluding carboxylic acids is 1. The predicted molar refractivity (Wildman–Crippen MR) is 100 cm³/mol. The number of rotatable bonds is 5. The molecule has 2 amide bonds. The molecular weight excluding hydrogens is 364 g/mol. The Labute approximate surface area is 152 Å². The van der Waals surface area contributed by atoms with E-state index in [-0.39, 0.29) is 6.54 Å². The monoisotopic (exact) mass is 378 g/mol. The highest BCUT2D eigenvalue weighted by Crippen LogP contribution is 2.33. The fourth-order valence-electron chi connectivity index (χ4n) is 2.28. The second-order valence-corrected chi connectivity index (χ2v) is 7.27. The summed E-state index contributed by atoms with van der Waals surface area (Å²) in [5, 5.41) is 22.7. The minimum atomic E-state index is -1.26. The third-order valence-corrected chi connectivity index (χ3v) is 5.59. The van der Waals surface area contributed by atoms with Crippen LogP contribution in [0, 0.1) is 0 Å². The van der Waals surface area contributed by atoms with E-state index in [1.165, 1.54) is 22.7 Å². The maximum Gasteiger partial charge on any atom is 0.319 e. The van der Waals surface area contributed by atoms with Crippen molar-refractivity contribution >= 4 is 46.0 Å². The molecule has 0 aliphatic heterocycles. The Hall–Kier alpha value is -1.86. The van der Waals surface area contributed by atoms with Crippen LogP contribution in [0.2, 0.25) is 5.02 Å². The molecule has 1 unspecified atom stereocenters. The number of nitrogens with one attached hydrogen (secondary N) is 2. The predicted octanol–water partition coefficient (Wildman–Crippen LogP) is 4.52. The lowest BCUT2D eigenvalue weighted by Crippen LogP contribution is -2.42. The lowest BCUT2D eigenvalue weighted by molar-refractivity contribution is 0.0871. The fraction of sp³-hybridized carbons (Fsp3) is 0.118. The Morgan fingerprint density at radius 2 is 2.00 bits per heavy atom. The molecule has 24 heavy (non-hydrogen) atoms. The van der Waals surface area contributed by atoms with E-state index in [0.29, 0.717) is 10.7 Å². The standard InChI is InChI=1S/C17H15ClN2O2S2/c18-13-4-1-2-5-14(13)20-16(21)19-11-17(22,12-7-9-23-10-12)15-6-3-8-24-15/h1-10,22H,11H2,(H2,19,20,21).